The van der Waals surface area contributed by atoms with Gasteiger partial charge in [-0.15, -0.1) is 0 Å². The summed E-state index contributed by atoms with van der Waals surface area (Å²) in [6, 6.07) is 1.93. The average Bonchev–Trinajstić information content (AvgIpc) is 2.76. The molecule has 1 aromatic heterocycles. The Labute approximate surface area is 119 Å². The van der Waals surface area contributed by atoms with Crippen LogP contribution in [-0.4, -0.2) is 66.4 Å². The maximum atomic E-state index is 12.0. The van der Waals surface area contributed by atoms with Crippen LogP contribution in [0.15, 0.2) is 6.07 Å². The number of morpholine rings is 1. The SMILES string of the molecule is Cc1cc(C)c(C(=O)NCC(O)CN2CCOCC2)[nH]1. The van der Waals surface area contributed by atoms with Crippen molar-refractivity contribution in [1.82, 2.24) is 15.2 Å². The topological polar surface area (TPSA) is 77.6 Å². The van der Waals surface area contributed by atoms with Crippen LogP contribution in [0.25, 0.3) is 0 Å². The zero-order valence-electron chi connectivity index (χ0n) is 12.1. The van der Waals surface area contributed by atoms with E-state index in [0.717, 1.165) is 24.3 Å². The lowest BCUT2D eigenvalue weighted by Gasteiger charge is -2.28. The van der Waals surface area contributed by atoms with Crippen LogP contribution in [0, 0.1) is 13.8 Å². The molecule has 6 heteroatoms. The zero-order valence-corrected chi connectivity index (χ0v) is 12.1. The van der Waals surface area contributed by atoms with Crippen molar-refractivity contribution in [3.05, 3.63) is 23.0 Å². The second-order valence-electron chi connectivity index (χ2n) is 5.29. The second kappa shape index (κ2) is 6.88. The number of nitrogens with zero attached hydrogens (tertiary/aromatic N) is 1. The number of aryl methyl sites for hydroxylation is 2. The molecule has 0 aromatic carbocycles. The number of nitrogens with one attached hydrogen (secondary N) is 2. The molecule has 0 radical (unpaired) electrons. The van der Waals surface area contributed by atoms with E-state index in [-0.39, 0.29) is 12.5 Å². The highest BCUT2D eigenvalue weighted by Crippen LogP contribution is 2.08. The number of amides is 1. The molecule has 0 aliphatic carbocycles. The van der Waals surface area contributed by atoms with Gasteiger partial charge in [0, 0.05) is 31.9 Å². The summed E-state index contributed by atoms with van der Waals surface area (Å²) < 4.78 is 5.26. The number of hydrogen-bond donors (Lipinski definition) is 3. The minimum absolute atomic E-state index is 0.170. The fourth-order valence-corrected chi connectivity index (χ4v) is 2.41. The van der Waals surface area contributed by atoms with Gasteiger partial charge in [0.15, 0.2) is 0 Å². The van der Waals surface area contributed by atoms with E-state index >= 15 is 0 Å². The van der Waals surface area contributed by atoms with Gasteiger partial charge in [0.2, 0.25) is 0 Å². The summed E-state index contributed by atoms with van der Waals surface area (Å²) in [7, 11) is 0. The normalized spacial score (nSPS) is 17.9. The molecule has 0 spiro atoms. The molecule has 1 atom stereocenters. The maximum Gasteiger partial charge on any atom is 0.268 e. The molecule has 1 amide bonds. The molecular formula is C14H23N3O3. The van der Waals surface area contributed by atoms with Crippen molar-refractivity contribution >= 4 is 5.91 Å². The summed E-state index contributed by atoms with van der Waals surface area (Å²) in [5, 5.41) is 12.7. The summed E-state index contributed by atoms with van der Waals surface area (Å²) in [6.07, 6.45) is -0.562. The summed E-state index contributed by atoms with van der Waals surface area (Å²) in [4.78, 5) is 17.2. The number of rotatable bonds is 5. The van der Waals surface area contributed by atoms with Crippen molar-refractivity contribution in [2.24, 2.45) is 0 Å². The van der Waals surface area contributed by atoms with E-state index in [1.165, 1.54) is 0 Å². The highest BCUT2D eigenvalue weighted by Gasteiger charge is 2.17. The average molecular weight is 281 g/mol. The van der Waals surface area contributed by atoms with Crippen molar-refractivity contribution in [3.8, 4) is 0 Å². The van der Waals surface area contributed by atoms with Gasteiger partial charge in [-0.1, -0.05) is 0 Å². The fourth-order valence-electron chi connectivity index (χ4n) is 2.41. The van der Waals surface area contributed by atoms with Gasteiger partial charge in [0.25, 0.3) is 5.91 Å². The summed E-state index contributed by atoms with van der Waals surface area (Å²) >= 11 is 0. The summed E-state index contributed by atoms with van der Waals surface area (Å²) in [5.74, 6) is -0.170. The first kappa shape index (κ1) is 15.0. The van der Waals surface area contributed by atoms with E-state index < -0.39 is 6.10 Å². The molecule has 0 bridgehead atoms. The van der Waals surface area contributed by atoms with E-state index in [2.05, 4.69) is 15.2 Å². The molecule has 2 heterocycles. The zero-order chi connectivity index (χ0) is 14.5. The van der Waals surface area contributed by atoms with Gasteiger partial charge in [0.05, 0.1) is 19.3 Å². The molecular weight excluding hydrogens is 258 g/mol. The minimum Gasteiger partial charge on any atom is -0.390 e. The Kier molecular flexibility index (Phi) is 5.17. The Bertz CT molecular complexity index is 453. The Hall–Kier alpha value is -1.37. The third kappa shape index (κ3) is 4.06. The van der Waals surface area contributed by atoms with Gasteiger partial charge >= 0.3 is 0 Å². The lowest BCUT2D eigenvalue weighted by atomic mass is 10.2. The standard InChI is InChI=1S/C14H23N3O3/c1-10-7-11(2)16-13(10)14(19)15-8-12(18)9-17-3-5-20-6-4-17/h7,12,16,18H,3-6,8-9H2,1-2H3,(H,15,19). The van der Waals surface area contributed by atoms with Crippen LogP contribution in [0.1, 0.15) is 21.7 Å². The van der Waals surface area contributed by atoms with Gasteiger partial charge in [-0.2, -0.15) is 0 Å². The van der Waals surface area contributed by atoms with E-state index in [0.29, 0.717) is 25.5 Å². The molecule has 1 fully saturated rings. The largest absolute Gasteiger partial charge is 0.390 e. The van der Waals surface area contributed by atoms with Crippen LogP contribution in [0.5, 0.6) is 0 Å². The van der Waals surface area contributed by atoms with Gasteiger partial charge < -0.3 is 20.1 Å². The number of β-amino-alcohol motifs (C(OH)–C–C–N with tert-alkyl or cyclic N) is 1. The third-order valence-corrected chi connectivity index (χ3v) is 3.45. The van der Waals surface area contributed by atoms with Gasteiger partial charge in [-0.05, 0) is 25.5 Å². The number of aromatic amines is 1. The van der Waals surface area contributed by atoms with Crippen molar-refractivity contribution in [2.75, 3.05) is 39.4 Å². The molecule has 1 unspecified atom stereocenters. The van der Waals surface area contributed by atoms with E-state index in [9.17, 15) is 9.90 Å². The quantitative estimate of drug-likeness (QED) is 0.713. The number of ether oxygens (including phenoxy) is 1. The van der Waals surface area contributed by atoms with E-state index in [4.69, 9.17) is 4.74 Å². The highest BCUT2D eigenvalue weighted by atomic mass is 16.5. The van der Waals surface area contributed by atoms with Crippen LogP contribution >= 0.6 is 0 Å². The van der Waals surface area contributed by atoms with Crippen molar-refractivity contribution in [3.63, 3.8) is 0 Å². The molecule has 20 heavy (non-hydrogen) atoms. The highest BCUT2D eigenvalue weighted by molar-refractivity contribution is 5.93. The number of aromatic nitrogens is 1. The van der Waals surface area contributed by atoms with E-state index in [1.54, 1.807) is 0 Å². The molecule has 1 aromatic rings. The molecule has 112 valence electrons. The third-order valence-electron chi connectivity index (χ3n) is 3.45. The van der Waals surface area contributed by atoms with Gasteiger partial charge in [-0.25, -0.2) is 0 Å². The van der Waals surface area contributed by atoms with Crippen molar-refractivity contribution in [1.29, 1.82) is 0 Å². The number of carbonyl (C=O) groups is 1. The van der Waals surface area contributed by atoms with Crippen LogP contribution in [0.2, 0.25) is 0 Å². The Balaban J connectivity index is 1.76. The number of carbonyl (C=O) groups excluding carboxylic acids is 1. The molecule has 3 N–H and O–H groups in total. The molecule has 1 saturated heterocycles. The van der Waals surface area contributed by atoms with Gasteiger partial charge in [-0.3, -0.25) is 9.69 Å². The van der Waals surface area contributed by atoms with Crippen LogP contribution in [0.3, 0.4) is 0 Å². The predicted octanol–water partition coefficient (Wildman–Crippen LogP) is 0.0544. The summed E-state index contributed by atoms with van der Waals surface area (Å²) in [6.45, 7) is 7.71. The van der Waals surface area contributed by atoms with Crippen molar-refractivity contribution < 1.29 is 14.6 Å². The lowest BCUT2D eigenvalue weighted by Crippen LogP contribution is -2.44. The molecule has 0 saturated carbocycles. The predicted molar refractivity (Wildman–Crippen MR) is 75.9 cm³/mol. The fraction of sp³-hybridized carbons (Fsp3) is 0.643. The minimum atomic E-state index is -0.562. The Morgan fingerprint density at radius 2 is 2.20 bits per heavy atom. The van der Waals surface area contributed by atoms with Crippen LogP contribution in [-0.2, 0) is 4.74 Å². The second-order valence-corrected chi connectivity index (χ2v) is 5.29. The molecule has 2 rings (SSSR count). The van der Waals surface area contributed by atoms with Crippen LogP contribution < -0.4 is 5.32 Å². The first-order valence-corrected chi connectivity index (χ1v) is 6.99. The first-order chi connectivity index (χ1) is 9.56. The number of aliphatic hydroxyl groups is 1. The molecule has 1 aliphatic rings. The van der Waals surface area contributed by atoms with Gasteiger partial charge in [0.1, 0.15) is 5.69 Å². The lowest BCUT2D eigenvalue weighted by molar-refractivity contribution is 0.0149. The monoisotopic (exact) mass is 281 g/mol. The maximum absolute atomic E-state index is 12.0. The number of hydrogen-bond acceptors (Lipinski definition) is 4. The Morgan fingerprint density at radius 3 is 2.80 bits per heavy atom. The van der Waals surface area contributed by atoms with E-state index in [1.807, 2.05) is 19.9 Å². The molecule has 6 nitrogen and oxygen atoms in total. The number of H-pyrrole nitrogens is 1. The number of aliphatic hydroxyl groups excluding tert-OH is 1. The van der Waals surface area contributed by atoms with Crippen LogP contribution in [0.4, 0.5) is 0 Å². The van der Waals surface area contributed by atoms with Crippen molar-refractivity contribution in [2.45, 2.75) is 20.0 Å². The smallest absolute Gasteiger partial charge is 0.268 e. The molecule has 1 aliphatic heterocycles. The summed E-state index contributed by atoms with van der Waals surface area (Å²) in [5.41, 5.74) is 2.45. The first-order valence-electron chi connectivity index (χ1n) is 6.99. The Morgan fingerprint density at radius 1 is 1.50 bits per heavy atom.